The lowest BCUT2D eigenvalue weighted by atomic mass is 10.1. The highest BCUT2D eigenvalue weighted by Gasteiger charge is 2.18. The highest BCUT2D eigenvalue weighted by Crippen LogP contribution is 2.23. The largest absolute Gasteiger partial charge is 0.478 e. The summed E-state index contributed by atoms with van der Waals surface area (Å²) in [4.78, 5) is 12.4. The second-order valence-electron chi connectivity index (χ2n) is 4.86. The van der Waals surface area contributed by atoms with Gasteiger partial charge in [-0.2, -0.15) is 0 Å². The van der Waals surface area contributed by atoms with E-state index in [4.69, 9.17) is 9.84 Å². The van der Waals surface area contributed by atoms with Crippen molar-refractivity contribution < 1.29 is 19.0 Å². The zero-order valence-corrected chi connectivity index (χ0v) is 11.4. The van der Waals surface area contributed by atoms with Crippen LogP contribution in [-0.2, 0) is 9.53 Å². The second-order valence-corrected chi connectivity index (χ2v) is 4.86. The van der Waals surface area contributed by atoms with E-state index in [1.165, 1.54) is 12.1 Å². The minimum Gasteiger partial charge on any atom is -0.478 e. The van der Waals surface area contributed by atoms with Crippen molar-refractivity contribution in [3.05, 3.63) is 35.7 Å². The molecule has 2 rings (SSSR count). The number of hydrogen-bond donors (Lipinski definition) is 1. The first-order valence-corrected chi connectivity index (χ1v) is 6.63. The monoisotopic (exact) mass is 279 g/mol. The molecule has 0 radical (unpaired) electrons. The van der Waals surface area contributed by atoms with Gasteiger partial charge in [0.05, 0.1) is 11.8 Å². The summed E-state index contributed by atoms with van der Waals surface area (Å²) in [5.74, 6) is -1.39. The molecule has 0 spiro atoms. The van der Waals surface area contributed by atoms with E-state index in [9.17, 15) is 9.18 Å². The Morgan fingerprint density at radius 3 is 3.05 bits per heavy atom. The van der Waals surface area contributed by atoms with E-state index in [1.54, 1.807) is 12.1 Å². The van der Waals surface area contributed by atoms with E-state index in [0.29, 0.717) is 24.4 Å². The second kappa shape index (κ2) is 6.52. The zero-order valence-electron chi connectivity index (χ0n) is 11.4. The first-order valence-electron chi connectivity index (χ1n) is 6.63. The van der Waals surface area contributed by atoms with Crippen LogP contribution in [-0.4, -0.2) is 36.9 Å². The minimum absolute atomic E-state index is 0.0727. The number of aliphatic carboxylic acids is 1. The standard InChI is InChI=1S/C15H18FNO3/c1-11-10-17(7-2-8-20-11)14-5-3-12(9-13(14)16)4-6-15(18)19/h3-6,9,11H,2,7-8,10H2,1H3,(H,18,19). The summed E-state index contributed by atoms with van der Waals surface area (Å²) in [5.41, 5.74) is 1.07. The molecular weight excluding hydrogens is 261 g/mol. The van der Waals surface area contributed by atoms with E-state index >= 15 is 0 Å². The fourth-order valence-electron chi connectivity index (χ4n) is 2.26. The molecule has 0 bridgehead atoms. The molecular formula is C15H18FNO3. The summed E-state index contributed by atoms with van der Waals surface area (Å²) in [6, 6.07) is 4.76. The Morgan fingerprint density at radius 1 is 1.55 bits per heavy atom. The number of halogens is 1. The topological polar surface area (TPSA) is 49.8 Å². The SMILES string of the molecule is CC1CN(c2ccc(C=CC(=O)O)cc2F)CCCO1. The third-order valence-corrected chi connectivity index (χ3v) is 3.18. The van der Waals surface area contributed by atoms with Crippen LogP contribution in [0.3, 0.4) is 0 Å². The molecule has 0 saturated carbocycles. The molecule has 5 heteroatoms. The number of nitrogens with zero attached hydrogens (tertiary/aromatic N) is 1. The van der Waals surface area contributed by atoms with Crippen molar-refractivity contribution in [3.8, 4) is 0 Å². The van der Waals surface area contributed by atoms with Crippen LogP contribution in [0.25, 0.3) is 6.08 Å². The van der Waals surface area contributed by atoms with Gasteiger partial charge in [-0.15, -0.1) is 0 Å². The molecule has 1 N–H and O–H groups in total. The van der Waals surface area contributed by atoms with Crippen molar-refractivity contribution >= 4 is 17.7 Å². The number of rotatable bonds is 3. The van der Waals surface area contributed by atoms with Crippen LogP contribution in [0.15, 0.2) is 24.3 Å². The van der Waals surface area contributed by atoms with Gasteiger partial charge in [0.25, 0.3) is 0 Å². The number of ether oxygens (including phenoxy) is 1. The smallest absolute Gasteiger partial charge is 0.328 e. The van der Waals surface area contributed by atoms with Crippen LogP contribution in [0.1, 0.15) is 18.9 Å². The normalized spacial score (nSPS) is 20.1. The molecule has 1 atom stereocenters. The maximum absolute atomic E-state index is 14.2. The highest BCUT2D eigenvalue weighted by molar-refractivity contribution is 5.85. The fourth-order valence-corrected chi connectivity index (χ4v) is 2.26. The fraction of sp³-hybridized carbons (Fsp3) is 0.400. The summed E-state index contributed by atoms with van der Waals surface area (Å²) in [5, 5.41) is 8.56. The third-order valence-electron chi connectivity index (χ3n) is 3.18. The van der Waals surface area contributed by atoms with E-state index in [-0.39, 0.29) is 11.9 Å². The Labute approximate surface area is 117 Å². The van der Waals surface area contributed by atoms with E-state index in [0.717, 1.165) is 19.0 Å². The van der Waals surface area contributed by atoms with Crippen molar-refractivity contribution in [3.63, 3.8) is 0 Å². The molecule has 1 aliphatic rings. The highest BCUT2D eigenvalue weighted by atomic mass is 19.1. The van der Waals surface area contributed by atoms with Crippen LogP contribution < -0.4 is 4.90 Å². The van der Waals surface area contributed by atoms with Crippen LogP contribution in [0, 0.1) is 5.82 Å². The summed E-state index contributed by atoms with van der Waals surface area (Å²) in [7, 11) is 0. The van der Waals surface area contributed by atoms with Gasteiger partial charge in [0.15, 0.2) is 0 Å². The van der Waals surface area contributed by atoms with Crippen molar-refractivity contribution in [1.29, 1.82) is 0 Å². The minimum atomic E-state index is -1.05. The van der Waals surface area contributed by atoms with Crippen molar-refractivity contribution in [2.24, 2.45) is 0 Å². The van der Waals surface area contributed by atoms with Crippen LogP contribution >= 0.6 is 0 Å². The molecule has 20 heavy (non-hydrogen) atoms. The molecule has 0 aromatic heterocycles. The van der Waals surface area contributed by atoms with E-state index in [2.05, 4.69) is 0 Å². The van der Waals surface area contributed by atoms with Gasteiger partial charge in [-0.3, -0.25) is 0 Å². The van der Waals surface area contributed by atoms with Gasteiger partial charge in [-0.05, 0) is 37.1 Å². The lowest BCUT2D eigenvalue weighted by molar-refractivity contribution is -0.131. The van der Waals surface area contributed by atoms with Crippen LogP contribution in [0.4, 0.5) is 10.1 Å². The first-order chi connectivity index (χ1) is 9.56. The predicted molar refractivity (Wildman–Crippen MR) is 75.3 cm³/mol. The van der Waals surface area contributed by atoms with E-state index in [1.807, 2.05) is 11.8 Å². The zero-order chi connectivity index (χ0) is 14.5. The number of benzene rings is 1. The Balaban J connectivity index is 2.18. The number of carboxylic acid groups (broad SMARTS) is 1. The van der Waals surface area contributed by atoms with Gasteiger partial charge in [-0.25, -0.2) is 9.18 Å². The number of hydrogen-bond acceptors (Lipinski definition) is 3. The van der Waals surface area contributed by atoms with Crippen molar-refractivity contribution in [2.45, 2.75) is 19.4 Å². The maximum atomic E-state index is 14.2. The summed E-state index contributed by atoms with van der Waals surface area (Å²) in [6.45, 7) is 4.08. The Kier molecular flexibility index (Phi) is 4.74. The molecule has 1 saturated heterocycles. The molecule has 1 aromatic rings. The Bertz CT molecular complexity index is 516. The van der Waals surface area contributed by atoms with Crippen LogP contribution in [0.2, 0.25) is 0 Å². The maximum Gasteiger partial charge on any atom is 0.328 e. The van der Waals surface area contributed by atoms with Gasteiger partial charge in [-0.1, -0.05) is 6.07 Å². The number of carbonyl (C=O) groups is 1. The molecule has 0 aliphatic carbocycles. The van der Waals surface area contributed by atoms with Gasteiger partial charge in [0, 0.05) is 25.8 Å². The van der Waals surface area contributed by atoms with Gasteiger partial charge in [0.1, 0.15) is 5.82 Å². The lowest BCUT2D eigenvalue weighted by Crippen LogP contribution is -2.30. The van der Waals surface area contributed by atoms with Crippen molar-refractivity contribution in [1.82, 2.24) is 0 Å². The Morgan fingerprint density at radius 2 is 2.35 bits per heavy atom. The molecule has 0 amide bonds. The molecule has 1 fully saturated rings. The summed E-state index contributed by atoms with van der Waals surface area (Å²) >= 11 is 0. The number of anilines is 1. The Hall–Kier alpha value is -1.88. The average molecular weight is 279 g/mol. The molecule has 4 nitrogen and oxygen atoms in total. The first kappa shape index (κ1) is 14.5. The summed E-state index contributed by atoms with van der Waals surface area (Å²) < 4.78 is 19.7. The van der Waals surface area contributed by atoms with Crippen LogP contribution in [0.5, 0.6) is 0 Å². The quantitative estimate of drug-likeness (QED) is 0.864. The lowest BCUT2D eigenvalue weighted by Gasteiger charge is -2.24. The van der Waals surface area contributed by atoms with Crippen molar-refractivity contribution in [2.75, 3.05) is 24.6 Å². The molecule has 1 heterocycles. The van der Waals surface area contributed by atoms with Gasteiger partial charge in [0.2, 0.25) is 0 Å². The molecule has 1 aromatic carbocycles. The predicted octanol–water partition coefficient (Wildman–Crippen LogP) is 2.54. The van der Waals surface area contributed by atoms with E-state index < -0.39 is 5.97 Å². The average Bonchev–Trinajstić information content (AvgIpc) is 2.61. The summed E-state index contributed by atoms with van der Waals surface area (Å²) in [6.07, 6.45) is 3.31. The van der Waals surface area contributed by atoms with Gasteiger partial charge >= 0.3 is 5.97 Å². The molecule has 1 aliphatic heterocycles. The molecule has 108 valence electrons. The van der Waals surface area contributed by atoms with Gasteiger partial charge < -0.3 is 14.7 Å². The third kappa shape index (κ3) is 3.81. The molecule has 1 unspecified atom stereocenters. The number of carboxylic acids is 1.